The average Bonchev–Trinajstić information content (AvgIpc) is 2.14. The molecular formula is C6H7ClZr. The molecule has 0 radical (unpaired) electrons. The summed E-state index contributed by atoms with van der Waals surface area (Å²) in [5.74, 6) is 0. The molecule has 1 rings (SSSR count). The molecule has 0 aliphatic heterocycles. The Morgan fingerprint density at radius 2 is 2.38 bits per heavy atom. The molecule has 0 spiro atoms. The van der Waals surface area contributed by atoms with Gasteiger partial charge in [0.05, 0.1) is 0 Å². The second-order valence-electron chi connectivity index (χ2n) is 1.63. The number of hydrogen-bond donors (Lipinski definition) is 0. The molecule has 0 saturated heterocycles. The molecule has 2 heteroatoms. The predicted molar refractivity (Wildman–Crippen MR) is 26.6 cm³/mol. The van der Waals surface area contributed by atoms with Crippen LogP contribution in [-0.4, -0.2) is 0 Å². The molecule has 0 unspecified atom stereocenters. The van der Waals surface area contributed by atoms with Crippen molar-refractivity contribution in [2.75, 3.05) is 0 Å². The normalized spacial score (nSPS) is 15.1. The summed E-state index contributed by atoms with van der Waals surface area (Å²) in [5.41, 5.74) is 1.60. The summed E-state index contributed by atoms with van der Waals surface area (Å²) in [6, 6.07) is 0. The van der Waals surface area contributed by atoms with Crippen LogP contribution in [-0.2, 0) is 24.7 Å². The van der Waals surface area contributed by atoms with Crippen LogP contribution in [0.5, 0.6) is 0 Å². The van der Waals surface area contributed by atoms with Crippen LogP contribution >= 0.6 is 0 Å². The fourth-order valence-electron chi connectivity index (χ4n) is 0.623. The molecule has 1 aliphatic rings. The van der Waals surface area contributed by atoms with Crippen molar-refractivity contribution < 1.29 is 37.1 Å². The van der Waals surface area contributed by atoms with Gasteiger partial charge in [-0.3, -0.25) is 0 Å². The summed E-state index contributed by atoms with van der Waals surface area (Å²) in [6.07, 6.45) is 7.78. The molecule has 0 nitrogen and oxygen atoms in total. The van der Waals surface area contributed by atoms with E-state index in [1.165, 1.54) is 10.5 Å². The van der Waals surface area contributed by atoms with E-state index in [1.807, 2.05) is 0 Å². The van der Waals surface area contributed by atoms with Crippen molar-refractivity contribution in [2.45, 2.75) is 10.5 Å². The van der Waals surface area contributed by atoms with Crippen LogP contribution in [0.4, 0.5) is 0 Å². The minimum atomic E-state index is 0. The van der Waals surface area contributed by atoms with Gasteiger partial charge in [-0.15, -0.1) is 0 Å². The van der Waals surface area contributed by atoms with E-state index < -0.39 is 0 Å². The molecule has 0 aromatic carbocycles. The van der Waals surface area contributed by atoms with E-state index >= 15 is 0 Å². The molecule has 42 valence electrons. The Hall–Kier alpha value is 0.653. The molecule has 0 heterocycles. The quantitative estimate of drug-likeness (QED) is 0.507. The Morgan fingerprint density at radius 1 is 1.62 bits per heavy atom. The molecule has 0 atom stereocenters. The van der Waals surface area contributed by atoms with E-state index in [-0.39, 0.29) is 12.4 Å². The Morgan fingerprint density at radius 3 is 2.62 bits per heavy atom. The number of allylic oxidation sites excluding steroid dienone is 4. The van der Waals surface area contributed by atoms with E-state index in [4.69, 9.17) is 0 Å². The molecule has 0 fully saturated rings. The Balaban J connectivity index is 0.000000490. The van der Waals surface area contributed by atoms with Gasteiger partial charge in [0.1, 0.15) is 0 Å². The molecular weight excluding hydrogens is 199 g/mol. The van der Waals surface area contributed by atoms with Gasteiger partial charge in [-0.2, -0.15) is 0 Å². The first-order valence-electron chi connectivity index (χ1n) is 2.42. The first-order chi connectivity index (χ1) is 3.43. The molecule has 0 saturated carbocycles. The van der Waals surface area contributed by atoms with Crippen molar-refractivity contribution in [2.24, 2.45) is 0 Å². The Bertz CT molecular complexity index is 116. The van der Waals surface area contributed by atoms with Gasteiger partial charge >= 0.3 is 59.1 Å². The van der Waals surface area contributed by atoms with Crippen LogP contribution in [0, 0.1) is 0 Å². The van der Waals surface area contributed by atoms with Gasteiger partial charge in [-0.25, -0.2) is 0 Å². The monoisotopic (exact) mass is 204 g/mol. The van der Waals surface area contributed by atoms with Crippen molar-refractivity contribution in [1.29, 1.82) is 0 Å². The molecule has 0 aromatic rings. The van der Waals surface area contributed by atoms with Crippen molar-refractivity contribution in [3.05, 3.63) is 23.8 Å². The fraction of sp³-hybridized carbons (Fsp3) is 0.333. The van der Waals surface area contributed by atoms with E-state index in [0.717, 1.165) is 0 Å². The van der Waals surface area contributed by atoms with Gasteiger partial charge in [0.2, 0.25) is 0 Å². The summed E-state index contributed by atoms with van der Waals surface area (Å²) in [6.45, 7) is 0. The molecule has 0 N–H and O–H groups in total. The number of halogens is 1. The maximum atomic E-state index is 2.22. The zero-order valence-corrected chi connectivity index (χ0v) is 7.74. The molecule has 1 aliphatic carbocycles. The van der Waals surface area contributed by atoms with Crippen molar-refractivity contribution in [1.82, 2.24) is 0 Å². The second-order valence-corrected chi connectivity index (χ2v) is 2.50. The van der Waals surface area contributed by atoms with Gasteiger partial charge in [-0.05, 0) is 0 Å². The van der Waals surface area contributed by atoms with E-state index in [2.05, 4.69) is 18.2 Å². The first kappa shape index (κ1) is 8.65. The summed E-state index contributed by atoms with van der Waals surface area (Å²) in [5, 5.41) is 0. The van der Waals surface area contributed by atoms with Crippen LogP contribution in [0.25, 0.3) is 0 Å². The first-order valence-corrected chi connectivity index (χ1v) is 4.16. The SMILES string of the molecule is [Cl-].[Zr+][CH2]C1=CC=CC1. The third-order valence-corrected chi connectivity index (χ3v) is 2.19. The Kier molecular flexibility index (Phi) is 4.89. The van der Waals surface area contributed by atoms with Crippen LogP contribution < -0.4 is 12.4 Å². The average molecular weight is 206 g/mol. The summed E-state index contributed by atoms with van der Waals surface area (Å²) in [4.78, 5) is 0. The number of rotatable bonds is 1. The molecule has 8 heavy (non-hydrogen) atoms. The zero-order valence-electron chi connectivity index (χ0n) is 4.52. The van der Waals surface area contributed by atoms with Gasteiger partial charge in [0.15, 0.2) is 0 Å². The minimum absolute atomic E-state index is 0. The van der Waals surface area contributed by atoms with E-state index in [0.29, 0.717) is 0 Å². The third-order valence-electron chi connectivity index (χ3n) is 1.08. The van der Waals surface area contributed by atoms with Crippen molar-refractivity contribution in [3.8, 4) is 0 Å². The second kappa shape index (κ2) is 4.52. The fourth-order valence-corrected chi connectivity index (χ4v) is 1.27. The predicted octanol–water partition coefficient (Wildman–Crippen LogP) is -1.16. The van der Waals surface area contributed by atoms with Crippen LogP contribution in [0.3, 0.4) is 0 Å². The van der Waals surface area contributed by atoms with Crippen LogP contribution in [0.1, 0.15) is 6.42 Å². The topological polar surface area (TPSA) is 0 Å². The summed E-state index contributed by atoms with van der Waals surface area (Å²) in [7, 11) is 0. The number of hydrogen-bond acceptors (Lipinski definition) is 0. The van der Waals surface area contributed by atoms with Crippen LogP contribution in [0.15, 0.2) is 23.8 Å². The standard InChI is InChI=1S/C6H7.ClH.Zr/c1-6-4-2-3-5-6;;/h2-4H,1,5H2;1H;/q;;+1/p-1. The molecule has 0 amide bonds. The Labute approximate surface area is 71.3 Å². The zero-order chi connectivity index (χ0) is 5.11. The van der Waals surface area contributed by atoms with Crippen LogP contribution in [0.2, 0.25) is 4.13 Å². The van der Waals surface area contributed by atoms with Gasteiger partial charge < -0.3 is 12.4 Å². The maximum absolute atomic E-state index is 2.22. The summed E-state index contributed by atoms with van der Waals surface area (Å²) < 4.78 is 1.31. The van der Waals surface area contributed by atoms with E-state index in [1.54, 1.807) is 30.3 Å². The van der Waals surface area contributed by atoms with Gasteiger partial charge in [0, 0.05) is 0 Å². The molecule has 0 aromatic heterocycles. The van der Waals surface area contributed by atoms with Crippen molar-refractivity contribution >= 4 is 0 Å². The van der Waals surface area contributed by atoms with E-state index in [9.17, 15) is 0 Å². The van der Waals surface area contributed by atoms with Gasteiger partial charge in [-0.1, -0.05) is 0 Å². The summed E-state index contributed by atoms with van der Waals surface area (Å²) >= 11 is 1.63. The molecule has 0 bridgehead atoms. The van der Waals surface area contributed by atoms with Crippen molar-refractivity contribution in [3.63, 3.8) is 0 Å². The van der Waals surface area contributed by atoms with Gasteiger partial charge in [0.25, 0.3) is 0 Å². The third kappa shape index (κ3) is 2.28.